The van der Waals surface area contributed by atoms with Crippen LogP contribution in [0.2, 0.25) is 0 Å². The molecule has 0 saturated carbocycles. The third-order valence-electron chi connectivity index (χ3n) is 6.06. The number of pyridine rings is 1. The summed E-state index contributed by atoms with van der Waals surface area (Å²) in [5.74, 6) is -1.86. The first-order valence-corrected chi connectivity index (χ1v) is 11.3. The number of phenols is 3. The van der Waals surface area contributed by atoms with Crippen molar-refractivity contribution in [1.29, 1.82) is 0 Å². The first-order valence-electron chi connectivity index (χ1n) is 11.3. The van der Waals surface area contributed by atoms with Crippen molar-refractivity contribution in [2.24, 2.45) is 5.92 Å². The average Bonchev–Trinajstić information content (AvgIpc) is 2.76. The molecule has 6 heteroatoms. The van der Waals surface area contributed by atoms with Gasteiger partial charge < -0.3 is 25.4 Å². The summed E-state index contributed by atoms with van der Waals surface area (Å²) in [5.41, 5.74) is -0.173. The van der Waals surface area contributed by atoms with Crippen LogP contribution in [0.25, 0.3) is 23.4 Å². The molecular weight excluding hydrogens is 394 g/mol. The van der Waals surface area contributed by atoms with Gasteiger partial charge >= 0.3 is 0 Å². The van der Waals surface area contributed by atoms with Gasteiger partial charge in [0.05, 0.1) is 5.69 Å². The molecule has 0 bridgehead atoms. The molecule has 1 atom stereocenters. The fourth-order valence-electron chi connectivity index (χ4n) is 4.23. The van der Waals surface area contributed by atoms with E-state index >= 15 is 0 Å². The quantitative estimate of drug-likeness (QED) is 0.291. The Kier molecular flexibility index (Phi) is 7.66. The number of rotatable bonds is 10. The van der Waals surface area contributed by atoms with Crippen LogP contribution in [0.1, 0.15) is 71.1 Å². The zero-order valence-corrected chi connectivity index (χ0v) is 18.2. The lowest BCUT2D eigenvalue weighted by atomic mass is 9.93. The van der Waals surface area contributed by atoms with Gasteiger partial charge in [0.15, 0.2) is 23.0 Å². The molecule has 0 aliphatic heterocycles. The lowest BCUT2D eigenvalue weighted by molar-refractivity contribution is 0.368. The van der Waals surface area contributed by atoms with Gasteiger partial charge in [-0.1, -0.05) is 70.4 Å². The summed E-state index contributed by atoms with van der Waals surface area (Å²) in [6.07, 6.45) is 15.9. The van der Waals surface area contributed by atoms with Crippen molar-refractivity contribution >= 4 is 12.2 Å². The zero-order valence-electron chi connectivity index (χ0n) is 18.2. The molecule has 0 spiro atoms. The minimum atomic E-state index is -0.645. The maximum Gasteiger partial charge on any atom is 0.231 e. The van der Waals surface area contributed by atoms with E-state index in [2.05, 4.69) is 11.9 Å². The van der Waals surface area contributed by atoms with Gasteiger partial charge in [-0.3, -0.25) is 4.79 Å². The molecule has 0 saturated heterocycles. The number of H-pyrrole nitrogens is 1. The number of unbranched alkanes of at least 4 members (excludes halogenated alkanes) is 7. The van der Waals surface area contributed by atoms with Crippen molar-refractivity contribution in [3.63, 3.8) is 0 Å². The number of aromatic nitrogens is 1. The lowest BCUT2D eigenvalue weighted by Gasteiger charge is -2.15. The van der Waals surface area contributed by atoms with E-state index in [4.69, 9.17) is 0 Å². The highest BCUT2D eigenvalue weighted by atomic mass is 16.3. The predicted octanol–water partition coefficient (Wildman–Crippen LogP) is 3.98. The number of fused-ring (bicyclic) bond motifs is 1. The fraction of sp³-hybridized carbons (Fsp3) is 0.480. The molecule has 6 nitrogen and oxygen atoms in total. The highest BCUT2D eigenvalue weighted by Crippen LogP contribution is 2.39. The second-order valence-electron chi connectivity index (χ2n) is 8.50. The van der Waals surface area contributed by atoms with Gasteiger partial charge in [-0.05, 0) is 30.9 Å². The van der Waals surface area contributed by atoms with Crippen LogP contribution in [-0.4, -0.2) is 25.4 Å². The molecule has 2 aromatic rings. The lowest BCUT2D eigenvalue weighted by Crippen LogP contribution is -2.43. The molecule has 0 fully saturated rings. The Morgan fingerprint density at radius 2 is 1.52 bits per heavy atom. The summed E-state index contributed by atoms with van der Waals surface area (Å²) in [5, 5.41) is 40.6. The van der Waals surface area contributed by atoms with Gasteiger partial charge in [-0.15, -0.1) is 0 Å². The first kappa shape index (κ1) is 22.8. The van der Waals surface area contributed by atoms with E-state index in [0.717, 1.165) is 19.3 Å². The number of phenolic OH excluding ortho intramolecular Hbond substituents is 3. The maximum absolute atomic E-state index is 12.7. The van der Waals surface area contributed by atoms with Crippen LogP contribution < -0.4 is 16.0 Å². The Hall–Kier alpha value is -2.89. The molecule has 1 aliphatic carbocycles. The Morgan fingerprint density at radius 3 is 2.16 bits per heavy atom. The van der Waals surface area contributed by atoms with Crippen LogP contribution in [0, 0.1) is 5.92 Å². The highest BCUT2D eigenvalue weighted by Gasteiger charge is 2.17. The third-order valence-corrected chi connectivity index (χ3v) is 6.06. The van der Waals surface area contributed by atoms with Gasteiger partial charge in [0.1, 0.15) is 0 Å². The van der Waals surface area contributed by atoms with Crippen LogP contribution in [-0.2, 0) is 0 Å². The number of hydrogen-bond acceptors (Lipinski definition) is 5. The second kappa shape index (κ2) is 10.4. The summed E-state index contributed by atoms with van der Waals surface area (Å²) in [6, 6.07) is 2.38. The van der Waals surface area contributed by atoms with Crippen LogP contribution in [0.3, 0.4) is 0 Å². The molecule has 31 heavy (non-hydrogen) atoms. The van der Waals surface area contributed by atoms with E-state index in [1.165, 1.54) is 57.1 Å². The maximum atomic E-state index is 12.7. The summed E-state index contributed by atoms with van der Waals surface area (Å²) < 4.78 is 0. The molecule has 3 rings (SSSR count). The molecule has 0 radical (unpaired) electrons. The van der Waals surface area contributed by atoms with Crippen LogP contribution in [0.15, 0.2) is 16.9 Å². The number of benzene rings is 1. The van der Waals surface area contributed by atoms with E-state index in [1.54, 1.807) is 0 Å². The Balaban J connectivity index is 1.73. The molecule has 1 aliphatic rings. The molecular formula is C25H33NO5. The number of aromatic amines is 1. The van der Waals surface area contributed by atoms with Crippen molar-refractivity contribution in [1.82, 2.24) is 4.98 Å². The molecule has 5 N–H and O–H groups in total. The van der Waals surface area contributed by atoms with Crippen molar-refractivity contribution in [3.8, 4) is 34.3 Å². The second-order valence-corrected chi connectivity index (χ2v) is 8.50. The van der Waals surface area contributed by atoms with Crippen LogP contribution in [0.4, 0.5) is 0 Å². The van der Waals surface area contributed by atoms with Gasteiger partial charge in [-0.2, -0.15) is 0 Å². The molecule has 1 aromatic carbocycles. The van der Waals surface area contributed by atoms with Crippen LogP contribution >= 0.6 is 0 Å². The standard InChI is InChI=1S/C25H33NO5/c1-2-3-4-5-6-7-8-9-10-16-11-12-18-19(13-16)26-22(25(31)23(18)29)17-14-20(27)24(30)21(28)15-17/h12-16,26-28,30-31H,2-11H2,1H3. The summed E-state index contributed by atoms with van der Waals surface area (Å²) in [7, 11) is 0. The summed E-state index contributed by atoms with van der Waals surface area (Å²) in [4.78, 5) is 15.7. The minimum Gasteiger partial charge on any atom is -0.504 e. The SMILES string of the molecule is CCCCCCCCCCC1C=c2[nH]c(-c3cc(O)c(O)c(O)c3)c(O)c(=O)c2=CC1. The van der Waals surface area contributed by atoms with Crippen molar-refractivity contribution in [3.05, 3.63) is 32.9 Å². The fourth-order valence-corrected chi connectivity index (χ4v) is 4.23. The van der Waals surface area contributed by atoms with Gasteiger partial charge in [0.25, 0.3) is 0 Å². The Morgan fingerprint density at radius 1 is 0.903 bits per heavy atom. The highest BCUT2D eigenvalue weighted by molar-refractivity contribution is 5.72. The number of aromatic hydroxyl groups is 4. The number of nitrogens with one attached hydrogen (secondary N) is 1. The van der Waals surface area contributed by atoms with E-state index in [0.29, 0.717) is 16.5 Å². The van der Waals surface area contributed by atoms with Gasteiger partial charge in [0.2, 0.25) is 5.43 Å². The van der Waals surface area contributed by atoms with E-state index in [-0.39, 0.29) is 11.3 Å². The average molecular weight is 428 g/mol. The minimum absolute atomic E-state index is 0.103. The van der Waals surface area contributed by atoms with Gasteiger partial charge in [-0.25, -0.2) is 0 Å². The van der Waals surface area contributed by atoms with Gasteiger partial charge in [0, 0.05) is 16.1 Å². The van der Waals surface area contributed by atoms with E-state index < -0.39 is 28.4 Å². The zero-order chi connectivity index (χ0) is 22.4. The summed E-state index contributed by atoms with van der Waals surface area (Å²) >= 11 is 0. The third kappa shape index (κ3) is 5.43. The van der Waals surface area contributed by atoms with Crippen LogP contribution in [0.5, 0.6) is 23.0 Å². The van der Waals surface area contributed by atoms with E-state index in [1.807, 2.05) is 12.2 Å². The molecule has 1 unspecified atom stereocenters. The molecule has 1 heterocycles. The van der Waals surface area contributed by atoms with Crippen molar-refractivity contribution < 1.29 is 20.4 Å². The molecule has 0 amide bonds. The van der Waals surface area contributed by atoms with Crippen molar-refractivity contribution in [2.75, 3.05) is 0 Å². The number of hydrogen-bond donors (Lipinski definition) is 5. The smallest absolute Gasteiger partial charge is 0.231 e. The monoisotopic (exact) mass is 427 g/mol. The topological polar surface area (TPSA) is 114 Å². The van der Waals surface area contributed by atoms with Crippen molar-refractivity contribution in [2.45, 2.75) is 71.1 Å². The molecule has 168 valence electrons. The molecule has 1 aromatic heterocycles. The van der Waals surface area contributed by atoms with E-state index in [9.17, 15) is 25.2 Å². The summed E-state index contributed by atoms with van der Waals surface area (Å²) in [6.45, 7) is 2.23. The Labute approximate surface area is 182 Å². The predicted molar refractivity (Wildman–Crippen MR) is 123 cm³/mol. The largest absolute Gasteiger partial charge is 0.504 e. The Bertz CT molecular complexity index is 1060. The normalized spacial score (nSPS) is 15.2. The first-order chi connectivity index (χ1) is 14.9.